The van der Waals surface area contributed by atoms with Crippen molar-refractivity contribution in [3.05, 3.63) is 0 Å². The van der Waals surface area contributed by atoms with Crippen molar-refractivity contribution in [1.82, 2.24) is 58.5 Å². The van der Waals surface area contributed by atoms with E-state index in [1.807, 2.05) is 11.8 Å². The monoisotopic (exact) mass is 1500 g/mol. The molecule has 0 aliphatic carbocycles. The lowest BCUT2D eigenvalue weighted by atomic mass is 9.95. The summed E-state index contributed by atoms with van der Waals surface area (Å²) in [7, 11) is 0. The summed E-state index contributed by atoms with van der Waals surface area (Å²) >= 11 is 1.88. The van der Waals surface area contributed by atoms with Crippen molar-refractivity contribution < 1.29 is 111 Å². The predicted octanol–water partition coefficient (Wildman–Crippen LogP) is -4.14. The van der Waals surface area contributed by atoms with E-state index in [2.05, 4.69) is 58.5 Å². The molecule has 2 heterocycles. The van der Waals surface area contributed by atoms with Crippen LogP contribution in [0.3, 0.4) is 0 Å². The van der Waals surface area contributed by atoms with Gasteiger partial charge in [0.15, 0.2) is 17.3 Å². The predicted molar refractivity (Wildman–Crippen MR) is 377 cm³/mol. The second-order valence-electron chi connectivity index (χ2n) is 25.7. The smallest absolute Gasteiger partial charge is 0.315 e. The fourth-order valence-electron chi connectivity index (χ4n) is 10.7. The number of primary amides is 2. The van der Waals surface area contributed by atoms with Gasteiger partial charge in [0.1, 0.15) is 37.4 Å². The molecular weight excluding hydrogens is 1390 g/mol. The van der Waals surface area contributed by atoms with Crippen molar-refractivity contribution in [1.29, 1.82) is 0 Å². The van der Waals surface area contributed by atoms with Crippen LogP contribution in [0, 0.1) is 17.8 Å². The number of hydrogen-bond donors (Lipinski definition) is 17. The van der Waals surface area contributed by atoms with Crippen LogP contribution in [0.4, 0.5) is 4.79 Å². The van der Waals surface area contributed by atoms with E-state index in [4.69, 9.17) is 30.4 Å². The number of nitrogens with two attached hydrogens (primary N) is 2. The fraction of sp³-hybridized carbons (Fsp3) is 0.776. The zero-order valence-corrected chi connectivity index (χ0v) is 61.0. The van der Waals surface area contributed by atoms with E-state index in [0.717, 1.165) is 31.4 Å². The maximum atomic E-state index is 13.3. The summed E-state index contributed by atoms with van der Waals surface area (Å²) < 4.78 is 21.8. The summed E-state index contributed by atoms with van der Waals surface area (Å²) in [6, 6.07) is -5.31. The lowest BCUT2D eigenvalue weighted by Crippen LogP contribution is -2.49. The van der Waals surface area contributed by atoms with Crippen molar-refractivity contribution in [3.63, 3.8) is 0 Å². The number of nitrogens with one attached hydrogen (secondary N) is 11. The van der Waals surface area contributed by atoms with Gasteiger partial charge in [-0.15, -0.1) is 0 Å². The molecular formula is C67H115N13O23S. The summed E-state index contributed by atoms with van der Waals surface area (Å²) in [5.74, 6) is -8.49. The highest BCUT2D eigenvalue weighted by molar-refractivity contribution is 8.00. The molecule has 0 saturated carbocycles. The first-order chi connectivity index (χ1) is 49.8. The Kier molecular flexibility index (Phi) is 49.8. The number of urea groups is 1. The Morgan fingerprint density at radius 2 is 0.875 bits per heavy atom. The number of ketones is 3. The highest BCUT2D eigenvalue weighted by atomic mass is 32.2. The molecule has 19 N–H and O–H groups in total. The zero-order valence-electron chi connectivity index (χ0n) is 60.2. The first-order valence-corrected chi connectivity index (χ1v) is 37.0. The molecule has 0 aromatic carbocycles. The molecule has 10 atom stereocenters. The summed E-state index contributed by atoms with van der Waals surface area (Å²) in [4.78, 5) is 187. The molecule has 2 fully saturated rings. The van der Waals surface area contributed by atoms with E-state index in [-0.39, 0.29) is 158 Å². The van der Waals surface area contributed by atoms with E-state index in [1.165, 1.54) is 0 Å². The van der Waals surface area contributed by atoms with E-state index in [1.54, 1.807) is 13.8 Å². The van der Waals surface area contributed by atoms with E-state index >= 15 is 0 Å². The van der Waals surface area contributed by atoms with Crippen LogP contribution < -0.4 is 70.0 Å². The average Bonchev–Trinajstić information content (AvgIpc) is 1.67. The topological polar surface area (TPSA) is 558 Å². The molecule has 2 saturated heterocycles. The van der Waals surface area contributed by atoms with Gasteiger partial charge in [-0.1, -0.05) is 46.0 Å². The van der Waals surface area contributed by atoms with Crippen LogP contribution in [0.5, 0.6) is 0 Å². The van der Waals surface area contributed by atoms with E-state index in [0.29, 0.717) is 76.2 Å². The number of thioether (sulfide) groups is 1. The second-order valence-corrected chi connectivity index (χ2v) is 26.9. The van der Waals surface area contributed by atoms with Gasteiger partial charge in [-0.05, 0) is 57.8 Å². The Labute approximate surface area is 611 Å². The maximum absolute atomic E-state index is 13.3. The fourth-order valence-corrected chi connectivity index (χ4v) is 12.2. The summed E-state index contributed by atoms with van der Waals surface area (Å²) in [5, 5.41) is 68.3. The maximum Gasteiger partial charge on any atom is 0.315 e. The summed E-state index contributed by atoms with van der Waals surface area (Å²) in [6.45, 7) is 1.75. The Morgan fingerprint density at radius 3 is 1.37 bits per heavy atom. The molecule has 104 heavy (non-hydrogen) atoms. The Hall–Kier alpha value is -7.52. The van der Waals surface area contributed by atoms with Gasteiger partial charge in [0, 0.05) is 113 Å². The van der Waals surface area contributed by atoms with Crippen LogP contribution in [0.2, 0.25) is 0 Å². The first kappa shape index (κ1) is 92.6. The number of ether oxygens (including phenoxy) is 4. The Bertz CT molecular complexity index is 2700. The van der Waals surface area contributed by atoms with Crippen molar-refractivity contribution in [2.24, 2.45) is 29.2 Å². The first-order valence-electron chi connectivity index (χ1n) is 35.9. The number of unbranched alkanes of at least 4 members (excludes halogenated alkanes) is 5. The average molecular weight is 1500 g/mol. The van der Waals surface area contributed by atoms with Crippen molar-refractivity contribution in [3.8, 4) is 0 Å². The number of fused-ring (bicyclic) bond motifs is 1. The molecule has 592 valence electrons. The summed E-state index contributed by atoms with van der Waals surface area (Å²) in [5.41, 5.74) is 10.6. The normalized spacial score (nSPS) is 16.4. The van der Waals surface area contributed by atoms with Crippen molar-refractivity contribution in [2.75, 3.05) is 118 Å². The molecule has 2 rings (SSSR count). The van der Waals surface area contributed by atoms with Gasteiger partial charge in [-0.2, -0.15) is 11.8 Å². The number of aliphatic hydroxyl groups is 4. The highest BCUT2D eigenvalue weighted by Gasteiger charge is 2.42. The molecule has 0 aromatic rings. The molecule has 37 heteroatoms. The number of hydrogen-bond acceptors (Lipinski definition) is 24. The van der Waals surface area contributed by atoms with Gasteiger partial charge in [0.2, 0.25) is 65.0 Å². The minimum atomic E-state index is -1.45. The van der Waals surface area contributed by atoms with Crippen LogP contribution in [-0.4, -0.2) is 268 Å². The molecule has 0 radical (unpaired) electrons. The van der Waals surface area contributed by atoms with Crippen LogP contribution in [0.1, 0.15) is 155 Å². The third-order valence-corrected chi connectivity index (χ3v) is 18.5. The number of amides is 13. The largest absolute Gasteiger partial charge is 0.394 e. The molecule has 36 nitrogen and oxygen atoms in total. The number of carbonyl (C=O) groups excluding carboxylic acids is 15. The molecule has 13 amide bonds. The molecule has 0 bridgehead atoms. The molecule has 2 aliphatic rings. The van der Waals surface area contributed by atoms with E-state index in [9.17, 15) is 92.3 Å². The van der Waals surface area contributed by atoms with Crippen molar-refractivity contribution >= 4 is 100 Å². The Balaban J connectivity index is 1.64. The van der Waals surface area contributed by atoms with Gasteiger partial charge in [0.05, 0.1) is 78.2 Å². The highest BCUT2D eigenvalue weighted by Crippen LogP contribution is 2.33. The summed E-state index contributed by atoms with van der Waals surface area (Å²) in [6.07, 6.45) is 5.59. The minimum Gasteiger partial charge on any atom is -0.394 e. The standard InChI is InChI=1S/C67H115N13O23S/c1-43(62(68)94)13-6-9-24-72-64(96)45(35-46(85)40-102-33-31-101-30-28-71-60(93)41-103-34-32-100-29-27-70-55(88)17-5-3-4-16-54-61-51(42-104-54)79-67(99)80-61)15-8-11-26-74-66(98)50(39-84)78-59(92)23-21-53(87)48(37-82)76-57(90)19-12-18-56(89)75-47(36-81)52(86)20-22-58(91)77-49(38-83)65(97)73-25-10-7-14-44(2)63(69)95/h43-45,47-51,54,61,81-84H,3-42H2,1-2H3,(H2,68,94)(H2,69,95)(H,70,88)(H,71,93)(H,72,96)(H,73,97)(H,74,98)(H,75,89)(H,76,90)(H,77,91)(H,78,92)(H2,79,80,99)/t43-,44-,45+,47-,48-,49-,50-,51-,54-,61-/m0/s1. The van der Waals surface area contributed by atoms with Gasteiger partial charge in [-0.3, -0.25) is 67.1 Å². The Morgan fingerprint density at radius 1 is 0.442 bits per heavy atom. The number of rotatable bonds is 64. The third kappa shape index (κ3) is 42.4. The van der Waals surface area contributed by atoms with Gasteiger partial charge in [0.25, 0.3) is 0 Å². The molecule has 0 spiro atoms. The second kappa shape index (κ2) is 55.9. The third-order valence-electron chi connectivity index (χ3n) is 17.0. The minimum absolute atomic E-state index is 0.0431. The quantitative estimate of drug-likeness (QED) is 0.0203. The van der Waals surface area contributed by atoms with Crippen molar-refractivity contribution in [2.45, 2.75) is 197 Å². The van der Waals surface area contributed by atoms with Gasteiger partial charge >= 0.3 is 6.03 Å². The lowest BCUT2D eigenvalue weighted by molar-refractivity contribution is -0.132. The number of aliphatic hydroxyl groups excluding tert-OH is 4. The molecule has 0 unspecified atom stereocenters. The number of carbonyl (C=O) groups is 15. The zero-order chi connectivity index (χ0) is 77.0. The van der Waals surface area contributed by atoms with Gasteiger partial charge < -0.3 is 109 Å². The van der Waals surface area contributed by atoms with Gasteiger partial charge in [-0.25, -0.2) is 4.79 Å². The SMILES string of the molecule is C[C@@H](CCCCNC(=O)[C@H](CCCCNC(=O)[C@H](CO)NC(=O)CCC(=O)[C@H](CO)NC(=O)CCCC(=O)N[C@@H](CO)C(=O)CCC(=O)N[C@@H](CO)C(=O)NCCCC[C@H](C)C(N)=O)CC(=O)COCCOCCNC(=O)COCCOCCNC(=O)CCCCC[C@@H]1SC[C@@H]2NC(=O)N[C@@H]21)C(N)=O. The van der Waals surface area contributed by atoms with Crippen LogP contribution in [-0.2, 0) is 86.1 Å². The van der Waals surface area contributed by atoms with Crippen LogP contribution >= 0.6 is 11.8 Å². The van der Waals surface area contributed by atoms with Crippen LogP contribution in [0.15, 0.2) is 0 Å². The molecule has 2 aliphatic heterocycles. The number of Topliss-reactive ketones (excluding diaryl/α,β-unsaturated/α-hetero) is 3. The molecule has 0 aromatic heterocycles. The van der Waals surface area contributed by atoms with Crippen LogP contribution in [0.25, 0.3) is 0 Å². The van der Waals surface area contributed by atoms with E-state index < -0.39 is 141 Å². The lowest BCUT2D eigenvalue weighted by Gasteiger charge is -2.18.